The predicted octanol–water partition coefficient (Wildman–Crippen LogP) is 1.86. The molecule has 1 saturated carbocycles. The minimum atomic E-state index is 0.900. The zero-order chi connectivity index (χ0) is 12.5. The van der Waals surface area contributed by atoms with Crippen molar-refractivity contribution >= 4 is 5.69 Å². The van der Waals surface area contributed by atoms with Crippen molar-refractivity contribution in [2.24, 2.45) is 0 Å². The standard InChI is InChI=1S/C15H23N3/c1-12-10-13(2-5-15(12)16)11-17-6-8-18(9-7-17)14-3-4-14/h2,5,10,14H,3-4,6-9,11,16H2,1H3. The molecule has 1 aliphatic heterocycles. The van der Waals surface area contributed by atoms with Crippen LogP contribution >= 0.6 is 0 Å². The third-order valence-corrected chi connectivity index (χ3v) is 4.21. The normalized spacial score (nSPS) is 22.3. The van der Waals surface area contributed by atoms with Crippen LogP contribution in [0.3, 0.4) is 0 Å². The number of hydrogen-bond donors (Lipinski definition) is 1. The predicted molar refractivity (Wildman–Crippen MR) is 75.5 cm³/mol. The highest BCUT2D eigenvalue weighted by Crippen LogP contribution is 2.27. The van der Waals surface area contributed by atoms with Gasteiger partial charge in [0.15, 0.2) is 0 Å². The molecule has 0 bridgehead atoms. The number of nitrogen functional groups attached to an aromatic ring is 1. The number of nitrogens with two attached hydrogens (primary N) is 1. The van der Waals surface area contributed by atoms with Gasteiger partial charge in [0.05, 0.1) is 0 Å². The fraction of sp³-hybridized carbons (Fsp3) is 0.600. The molecule has 0 unspecified atom stereocenters. The van der Waals surface area contributed by atoms with Gasteiger partial charge in [-0.05, 0) is 37.0 Å². The largest absolute Gasteiger partial charge is 0.399 e. The Morgan fingerprint density at radius 1 is 1.17 bits per heavy atom. The Balaban J connectivity index is 1.55. The highest BCUT2D eigenvalue weighted by atomic mass is 15.3. The van der Waals surface area contributed by atoms with Crippen molar-refractivity contribution < 1.29 is 0 Å². The van der Waals surface area contributed by atoms with Gasteiger partial charge in [0, 0.05) is 44.5 Å². The maximum atomic E-state index is 5.86. The molecule has 98 valence electrons. The van der Waals surface area contributed by atoms with E-state index in [2.05, 4.69) is 28.9 Å². The summed E-state index contributed by atoms with van der Waals surface area (Å²) in [6, 6.07) is 7.34. The fourth-order valence-corrected chi connectivity index (χ4v) is 2.82. The molecule has 1 saturated heterocycles. The minimum absolute atomic E-state index is 0.900. The Bertz CT molecular complexity index is 418. The van der Waals surface area contributed by atoms with E-state index in [0.717, 1.165) is 18.3 Å². The Kier molecular flexibility index (Phi) is 3.27. The van der Waals surface area contributed by atoms with Gasteiger partial charge in [-0.1, -0.05) is 12.1 Å². The van der Waals surface area contributed by atoms with Crippen LogP contribution in [0.4, 0.5) is 5.69 Å². The van der Waals surface area contributed by atoms with E-state index in [1.54, 1.807) is 0 Å². The van der Waals surface area contributed by atoms with E-state index in [9.17, 15) is 0 Å². The van der Waals surface area contributed by atoms with Crippen molar-refractivity contribution in [1.29, 1.82) is 0 Å². The van der Waals surface area contributed by atoms with Gasteiger partial charge < -0.3 is 5.73 Å². The van der Waals surface area contributed by atoms with Gasteiger partial charge in [0.2, 0.25) is 0 Å². The van der Waals surface area contributed by atoms with Crippen LogP contribution in [0.15, 0.2) is 18.2 Å². The summed E-state index contributed by atoms with van der Waals surface area (Å²) < 4.78 is 0. The highest BCUT2D eigenvalue weighted by Gasteiger charge is 2.30. The number of benzene rings is 1. The van der Waals surface area contributed by atoms with Crippen LogP contribution in [0.1, 0.15) is 24.0 Å². The first kappa shape index (κ1) is 12.0. The average Bonchev–Trinajstić information content (AvgIpc) is 3.19. The molecule has 18 heavy (non-hydrogen) atoms. The summed E-state index contributed by atoms with van der Waals surface area (Å²) in [6.07, 6.45) is 2.86. The average molecular weight is 245 g/mol. The van der Waals surface area contributed by atoms with Gasteiger partial charge in [-0.15, -0.1) is 0 Å². The van der Waals surface area contributed by atoms with E-state index in [-0.39, 0.29) is 0 Å². The SMILES string of the molecule is Cc1cc(CN2CCN(C3CC3)CC2)ccc1N. The zero-order valence-corrected chi connectivity index (χ0v) is 11.2. The van der Waals surface area contributed by atoms with E-state index in [1.165, 1.54) is 50.1 Å². The third-order valence-electron chi connectivity index (χ3n) is 4.21. The number of piperazine rings is 1. The van der Waals surface area contributed by atoms with E-state index >= 15 is 0 Å². The molecule has 0 aromatic heterocycles. The Hall–Kier alpha value is -1.06. The van der Waals surface area contributed by atoms with Crippen molar-refractivity contribution in [3.05, 3.63) is 29.3 Å². The summed E-state index contributed by atoms with van der Waals surface area (Å²) in [4.78, 5) is 5.22. The summed E-state index contributed by atoms with van der Waals surface area (Å²) in [5, 5.41) is 0. The summed E-state index contributed by atoms with van der Waals surface area (Å²) in [6.45, 7) is 8.07. The van der Waals surface area contributed by atoms with Crippen molar-refractivity contribution in [3.8, 4) is 0 Å². The highest BCUT2D eigenvalue weighted by molar-refractivity contribution is 5.47. The van der Waals surface area contributed by atoms with Gasteiger partial charge in [-0.3, -0.25) is 9.80 Å². The molecule has 2 fully saturated rings. The molecular weight excluding hydrogens is 222 g/mol. The van der Waals surface area contributed by atoms with Crippen molar-refractivity contribution in [2.75, 3.05) is 31.9 Å². The van der Waals surface area contributed by atoms with E-state index in [0.29, 0.717) is 0 Å². The second-order valence-corrected chi connectivity index (χ2v) is 5.73. The molecular formula is C15H23N3. The monoisotopic (exact) mass is 245 g/mol. The lowest BCUT2D eigenvalue weighted by molar-refractivity contribution is 0.121. The summed E-state index contributed by atoms with van der Waals surface area (Å²) in [7, 11) is 0. The van der Waals surface area contributed by atoms with Crippen LogP contribution in [0.2, 0.25) is 0 Å². The lowest BCUT2D eigenvalue weighted by Gasteiger charge is -2.34. The Labute approximate surface area is 110 Å². The van der Waals surface area contributed by atoms with Crippen molar-refractivity contribution in [2.45, 2.75) is 32.4 Å². The molecule has 0 amide bonds. The third kappa shape index (κ3) is 2.68. The molecule has 2 aliphatic rings. The molecule has 3 rings (SSSR count). The zero-order valence-electron chi connectivity index (χ0n) is 11.2. The van der Waals surface area contributed by atoms with Crippen molar-refractivity contribution in [1.82, 2.24) is 9.80 Å². The van der Waals surface area contributed by atoms with E-state index in [1.807, 2.05) is 6.07 Å². The number of nitrogens with zero attached hydrogens (tertiary/aromatic N) is 2. The molecule has 3 heteroatoms. The van der Waals surface area contributed by atoms with Crippen LogP contribution < -0.4 is 5.73 Å². The topological polar surface area (TPSA) is 32.5 Å². The number of rotatable bonds is 3. The van der Waals surface area contributed by atoms with Gasteiger partial charge in [-0.2, -0.15) is 0 Å². The first-order valence-corrected chi connectivity index (χ1v) is 7.04. The summed E-state index contributed by atoms with van der Waals surface area (Å²) in [5.74, 6) is 0. The molecule has 0 atom stereocenters. The maximum Gasteiger partial charge on any atom is 0.0343 e. The summed E-state index contributed by atoms with van der Waals surface area (Å²) >= 11 is 0. The van der Waals surface area contributed by atoms with Gasteiger partial charge in [0.25, 0.3) is 0 Å². The Morgan fingerprint density at radius 2 is 1.89 bits per heavy atom. The van der Waals surface area contributed by atoms with E-state index < -0.39 is 0 Å². The quantitative estimate of drug-likeness (QED) is 0.825. The molecule has 0 radical (unpaired) electrons. The van der Waals surface area contributed by atoms with Gasteiger partial charge >= 0.3 is 0 Å². The molecule has 1 heterocycles. The molecule has 1 aromatic rings. The fourth-order valence-electron chi connectivity index (χ4n) is 2.82. The first-order valence-electron chi connectivity index (χ1n) is 7.04. The van der Waals surface area contributed by atoms with E-state index in [4.69, 9.17) is 5.73 Å². The Morgan fingerprint density at radius 3 is 2.50 bits per heavy atom. The van der Waals surface area contributed by atoms with Crippen molar-refractivity contribution in [3.63, 3.8) is 0 Å². The van der Waals surface area contributed by atoms with Crippen LogP contribution in [0, 0.1) is 6.92 Å². The molecule has 3 nitrogen and oxygen atoms in total. The first-order chi connectivity index (χ1) is 8.72. The van der Waals surface area contributed by atoms with Gasteiger partial charge in [0.1, 0.15) is 0 Å². The number of anilines is 1. The van der Waals surface area contributed by atoms with Crippen LogP contribution in [0.25, 0.3) is 0 Å². The number of aryl methyl sites for hydroxylation is 1. The van der Waals surface area contributed by atoms with Crippen LogP contribution in [-0.4, -0.2) is 42.0 Å². The van der Waals surface area contributed by atoms with Gasteiger partial charge in [-0.25, -0.2) is 0 Å². The number of hydrogen-bond acceptors (Lipinski definition) is 3. The molecule has 1 aliphatic carbocycles. The molecule has 1 aromatic carbocycles. The summed E-state index contributed by atoms with van der Waals surface area (Å²) in [5.41, 5.74) is 9.35. The lowest BCUT2D eigenvalue weighted by atomic mass is 10.1. The van der Waals surface area contributed by atoms with Crippen LogP contribution in [0.5, 0.6) is 0 Å². The second-order valence-electron chi connectivity index (χ2n) is 5.73. The van der Waals surface area contributed by atoms with Crippen LogP contribution in [-0.2, 0) is 6.54 Å². The lowest BCUT2D eigenvalue weighted by Crippen LogP contribution is -2.46. The maximum absolute atomic E-state index is 5.86. The smallest absolute Gasteiger partial charge is 0.0343 e. The second kappa shape index (κ2) is 4.90. The minimum Gasteiger partial charge on any atom is -0.399 e. The molecule has 0 spiro atoms. The molecule has 2 N–H and O–H groups in total.